The van der Waals surface area contributed by atoms with Crippen LogP contribution in [0.4, 0.5) is 5.69 Å². The van der Waals surface area contributed by atoms with E-state index >= 15 is 0 Å². The second-order valence-corrected chi connectivity index (χ2v) is 5.33. The molecule has 0 aliphatic heterocycles. The van der Waals surface area contributed by atoms with E-state index in [0.29, 0.717) is 16.8 Å². The van der Waals surface area contributed by atoms with Crippen LogP contribution in [0.3, 0.4) is 0 Å². The lowest BCUT2D eigenvalue weighted by molar-refractivity contribution is 0.0601. The van der Waals surface area contributed by atoms with Gasteiger partial charge < -0.3 is 14.5 Å². The Balaban J connectivity index is 2.05. The largest absolute Gasteiger partial charge is 0.465 e. The summed E-state index contributed by atoms with van der Waals surface area (Å²) in [5, 5.41) is 3.18. The van der Waals surface area contributed by atoms with Gasteiger partial charge in [0.25, 0.3) is 0 Å². The number of ether oxygens (including phenoxy) is 1. The Kier molecular flexibility index (Phi) is 4.66. The van der Waals surface area contributed by atoms with E-state index in [9.17, 15) is 4.79 Å². The number of methoxy groups -OCH3 is 1. The number of furan rings is 1. The molecule has 0 radical (unpaired) electrons. The molecule has 0 saturated carbocycles. The zero-order valence-electron chi connectivity index (χ0n) is 10.1. The molecule has 0 spiro atoms. The van der Waals surface area contributed by atoms with E-state index in [1.807, 2.05) is 12.1 Å². The molecule has 2 aromatic rings. The number of nitrogens with one attached hydrogen (secondary N) is 1. The standard InChI is InChI=1S/C13H11Br2NO3/c1-18-13(17)8-3-2-4-9(5-8)16-7-10-6-11(14)12(15)19-10/h2-6,16H,7H2,1H3. The van der Waals surface area contributed by atoms with Gasteiger partial charge in [0.1, 0.15) is 5.76 Å². The minimum absolute atomic E-state index is 0.355. The summed E-state index contributed by atoms with van der Waals surface area (Å²) < 4.78 is 11.7. The number of benzene rings is 1. The van der Waals surface area contributed by atoms with Crippen LogP contribution in [-0.2, 0) is 11.3 Å². The predicted octanol–water partition coefficient (Wildman–Crippen LogP) is 4.20. The van der Waals surface area contributed by atoms with Gasteiger partial charge in [-0.05, 0) is 56.1 Å². The van der Waals surface area contributed by atoms with Gasteiger partial charge in [-0.3, -0.25) is 0 Å². The van der Waals surface area contributed by atoms with Crippen molar-refractivity contribution in [1.82, 2.24) is 0 Å². The van der Waals surface area contributed by atoms with Gasteiger partial charge in [-0.15, -0.1) is 0 Å². The van der Waals surface area contributed by atoms with Gasteiger partial charge in [0, 0.05) is 5.69 Å². The van der Waals surface area contributed by atoms with Crippen LogP contribution >= 0.6 is 31.9 Å². The van der Waals surface area contributed by atoms with E-state index in [1.54, 1.807) is 18.2 Å². The van der Waals surface area contributed by atoms with Crippen molar-refractivity contribution < 1.29 is 13.9 Å². The van der Waals surface area contributed by atoms with E-state index in [0.717, 1.165) is 15.9 Å². The molecule has 0 amide bonds. The molecule has 6 heteroatoms. The number of halogens is 2. The smallest absolute Gasteiger partial charge is 0.337 e. The van der Waals surface area contributed by atoms with Crippen LogP contribution in [0.2, 0.25) is 0 Å². The number of carbonyl (C=O) groups excluding carboxylic acids is 1. The molecule has 1 heterocycles. The first kappa shape index (κ1) is 14.1. The van der Waals surface area contributed by atoms with E-state index in [2.05, 4.69) is 41.9 Å². The molecule has 4 nitrogen and oxygen atoms in total. The third-order valence-corrected chi connectivity index (χ3v) is 4.16. The monoisotopic (exact) mass is 387 g/mol. The molecule has 0 bridgehead atoms. The normalized spacial score (nSPS) is 10.3. The maximum Gasteiger partial charge on any atom is 0.337 e. The van der Waals surface area contributed by atoms with Crippen molar-refractivity contribution in [2.75, 3.05) is 12.4 Å². The van der Waals surface area contributed by atoms with Crippen LogP contribution in [0.1, 0.15) is 16.1 Å². The summed E-state index contributed by atoms with van der Waals surface area (Å²) >= 11 is 6.63. The summed E-state index contributed by atoms with van der Waals surface area (Å²) in [6, 6.07) is 8.99. The SMILES string of the molecule is COC(=O)c1cccc(NCc2cc(Br)c(Br)o2)c1. The third-order valence-electron chi connectivity index (χ3n) is 2.45. The summed E-state index contributed by atoms with van der Waals surface area (Å²) in [5.74, 6) is 0.425. The molecule has 0 atom stereocenters. The highest BCUT2D eigenvalue weighted by Crippen LogP contribution is 2.27. The Morgan fingerprint density at radius 2 is 2.16 bits per heavy atom. The van der Waals surface area contributed by atoms with E-state index in [1.165, 1.54) is 7.11 Å². The van der Waals surface area contributed by atoms with Crippen LogP contribution in [0.15, 0.2) is 43.9 Å². The second-order valence-electron chi connectivity index (χ2n) is 3.76. The van der Waals surface area contributed by atoms with Crippen molar-refractivity contribution in [3.63, 3.8) is 0 Å². The van der Waals surface area contributed by atoms with Crippen LogP contribution in [0, 0.1) is 0 Å². The topological polar surface area (TPSA) is 51.5 Å². The Hall–Kier alpha value is -1.27. The highest BCUT2D eigenvalue weighted by Gasteiger charge is 2.07. The molecule has 0 aliphatic rings. The second kappa shape index (κ2) is 6.25. The lowest BCUT2D eigenvalue weighted by Gasteiger charge is -2.06. The third kappa shape index (κ3) is 3.61. The summed E-state index contributed by atoms with van der Waals surface area (Å²) in [5.41, 5.74) is 1.33. The average molecular weight is 389 g/mol. The maximum atomic E-state index is 11.4. The minimum Gasteiger partial charge on any atom is -0.465 e. The van der Waals surface area contributed by atoms with E-state index in [-0.39, 0.29) is 5.97 Å². The number of hydrogen-bond donors (Lipinski definition) is 1. The van der Waals surface area contributed by atoms with Crippen molar-refractivity contribution >= 4 is 43.5 Å². The minimum atomic E-state index is -0.355. The van der Waals surface area contributed by atoms with Crippen LogP contribution in [-0.4, -0.2) is 13.1 Å². The summed E-state index contributed by atoms with van der Waals surface area (Å²) in [4.78, 5) is 11.4. The molecule has 1 aromatic carbocycles. The van der Waals surface area contributed by atoms with Gasteiger partial charge in [0.05, 0.1) is 23.7 Å². The fraction of sp³-hybridized carbons (Fsp3) is 0.154. The van der Waals surface area contributed by atoms with Gasteiger partial charge >= 0.3 is 5.97 Å². The molecule has 0 aliphatic carbocycles. The predicted molar refractivity (Wildman–Crippen MR) is 79.2 cm³/mol. The highest BCUT2D eigenvalue weighted by atomic mass is 79.9. The van der Waals surface area contributed by atoms with Crippen LogP contribution in [0.25, 0.3) is 0 Å². The number of esters is 1. The average Bonchev–Trinajstić information content (AvgIpc) is 2.75. The molecule has 0 saturated heterocycles. The molecule has 1 N–H and O–H groups in total. The van der Waals surface area contributed by atoms with Crippen LogP contribution in [0.5, 0.6) is 0 Å². The van der Waals surface area contributed by atoms with E-state index in [4.69, 9.17) is 4.42 Å². The summed E-state index contributed by atoms with van der Waals surface area (Å²) in [7, 11) is 1.36. The molecular weight excluding hydrogens is 378 g/mol. The Morgan fingerprint density at radius 1 is 1.37 bits per heavy atom. The lowest BCUT2D eigenvalue weighted by atomic mass is 10.2. The fourth-order valence-corrected chi connectivity index (χ4v) is 2.20. The van der Waals surface area contributed by atoms with Crippen molar-refractivity contribution in [2.24, 2.45) is 0 Å². The van der Waals surface area contributed by atoms with Gasteiger partial charge in [0.15, 0.2) is 4.67 Å². The number of carbonyl (C=O) groups is 1. The van der Waals surface area contributed by atoms with Crippen LogP contribution < -0.4 is 5.32 Å². The molecule has 0 unspecified atom stereocenters. The molecule has 2 rings (SSSR count). The van der Waals surface area contributed by atoms with Crippen molar-refractivity contribution in [3.05, 3.63) is 50.8 Å². The van der Waals surface area contributed by atoms with Crippen molar-refractivity contribution in [3.8, 4) is 0 Å². The van der Waals surface area contributed by atoms with Crippen molar-refractivity contribution in [2.45, 2.75) is 6.54 Å². The first-order chi connectivity index (χ1) is 9.10. The molecule has 100 valence electrons. The zero-order chi connectivity index (χ0) is 13.8. The number of anilines is 1. The Labute approximate surface area is 127 Å². The quantitative estimate of drug-likeness (QED) is 0.797. The highest BCUT2D eigenvalue weighted by molar-refractivity contribution is 9.13. The maximum absolute atomic E-state index is 11.4. The molecule has 1 aromatic heterocycles. The molecular formula is C13H11Br2NO3. The Bertz CT molecular complexity index is 576. The lowest BCUT2D eigenvalue weighted by Crippen LogP contribution is -2.03. The number of hydrogen-bond acceptors (Lipinski definition) is 4. The first-order valence-electron chi connectivity index (χ1n) is 5.46. The molecule has 19 heavy (non-hydrogen) atoms. The number of rotatable bonds is 4. The van der Waals surface area contributed by atoms with Gasteiger partial charge in [-0.1, -0.05) is 6.07 Å². The van der Waals surface area contributed by atoms with Gasteiger partial charge in [0.2, 0.25) is 0 Å². The fourth-order valence-electron chi connectivity index (χ4n) is 1.54. The zero-order valence-corrected chi connectivity index (χ0v) is 13.2. The first-order valence-corrected chi connectivity index (χ1v) is 7.04. The molecule has 0 fully saturated rings. The van der Waals surface area contributed by atoms with Crippen molar-refractivity contribution in [1.29, 1.82) is 0 Å². The van der Waals surface area contributed by atoms with Gasteiger partial charge in [-0.2, -0.15) is 0 Å². The van der Waals surface area contributed by atoms with Gasteiger partial charge in [-0.25, -0.2) is 4.79 Å². The Morgan fingerprint density at radius 3 is 2.79 bits per heavy atom. The van der Waals surface area contributed by atoms with E-state index < -0.39 is 0 Å². The summed E-state index contributed by atoms with van der Waals surface area (Å²) in [6.07, 6.45) is 0. The summed E-state index contributed by atoms with van der Waals surface area (Å²) in [6.45, 7) is 0.523.